The number of rotatable bonds is 1. The standard InChI is InChI=1S/C11H16O4/c1-11(2)14-8-5-3-6(9(8)15-11)7(4-5)10(12)13/h5-9H,3-4H2,1-2H3,(H,12,13). The molecule has 4 nitrogen and oxygen atoms in total. The van der Waals surface area contributed by atoms with E-state index in [-0.39, 0.29) is 24.0 Å². The molecule has 84 valence electrons. The van der Waals surface area contributed by atoms with Crippen LogP contribution in [0.15, 0.2) is 0 Å². The van der Waals surface area contributed by atoms with Crippen LogP contribution < -0.4 is 0 Å². The molecule has 0 aromatic rings. The van der Waals surface area contributed by atoms with Gasteiger partial charge in [0.25, 0.3) is 0 Å². The van der Waals surface area contributed by atoms with E-state index in [0.717, 1.165) is 12.8 Å². The Balaban J connectivity index is 1.84. The van der Waals surface area contributed by atoms with E-state index in [1.165, 1.54) is 0 Å². The van der Waals surface area contributed by atoms with E-state index in [1.807, 2.05) is 13.8 Å². The molecule has 4 heteroatoms. The zero-order valence-corrected chi connectivity index (χ0v) is 8.97. The highest BCUT2D eigenvalue weighted by molar-refractivity contribution is 5.71. The third-order valence-corrected chi connectivity index (χ3v) is 4.02. The molecule has 3 rings (SSSR count). The Morgan fingerprint density at radius 2 is 1.93 bits per heavy atom. The maximum absolute atomic E-state index is 11.0. The highest BCUT2D eigenvalue weighted by Gasteiger charge is 2.61. The lowest BCUT2D eigenvalue weighted by Gasteiger charge is -2.26. The topological polar surface area (TPSA) is 55.8 Å². The molecule has 0 aromatic carbocycles. The molecule has 2 aliphatic carbocycles. The van der Waals surface area contributed by atoms with Crippen molar-refractivity contribution in [1.29, 1.82) is 0 Å². The fourth-order valence-corrected chi connectivity index (χ4v) is 3.54. The minimum atomic E-state index is -0.672. The maximum atomic E-state index is 11.0. The van der Waals surface area contributed by atoms with Crippen LogP contribution in [0.25, 0.3) is 0 Å². The first kappa shape index (κ1) is 9.60. The monoisotopic (exact) mass is 212 g/mol. The zero-order chi connectivity index (χ0) is 10.8. The number of carbonyl (C=O) groups is 1. The van der Waals surface area contributed by atoms with Gasteiger partial charge in [-0.1, -0.05) is 0 Å². The van der Waals surface area contributed by atoms with Gasteiger partial charge in [0.2, 0.25) is 0 Å². The molecule has 2 saturated carbocycles. The lowest BCUT2D eigenvalue weighted by molar-refractivity contribution is -0.160. The third-order valence-electron chi connectivity index (χ3n) is 4.02. The SMILES string of the molecule is CC1(C)OC2C3CC(C(=O)O)C(C3)C2O1. The fourth-order valence-electron chi connectivity index (χ4n) is 3.54. The lowest BCUT2D eigenvalue weighted by atomic mass is 9.85. The molecule has 5 unspecified atom stereocenters. The zero-order valence-electron chi connectivity index (χ0n) is 8.97. The van der Waals surface area contributed by atoms with E-state index in [1.54, 1.807) is 0 Å². The Morgan fingerprint density at radius 1 is 1.27 bits per heavy atom. The van der Waals surface area contributed by atoms with Gasteiger partial charge < -0.3 is 14.6 Å². The smallest absolute Gasteiger partial charge is 0.306 e. The molecular formula is C11H16O4. The molecule has 0 aromatic heterocycles. The van der Waals surface area contributed by atoms with Gasteiger partial charge in [-0.15, -0.1) is 0 Å². The number of fused-ring (bicyclic) bond motifs is 5. The second kappa shape index (κ2) is 2.74. The summed E-state index contributed by atoms with van der Waals surface area (Å²) in [6.07, 6.45) is 1.88. The number of carboxylic acids is 1. The Kier molecular flexibility index (Phi) is 1.75. The second-order valence-corrected chi connectivity index (χ2v) is 5.40. The Morgan fingerprint density at radius 3 is 2.60 bits per heavy atom. The normalized spacial score (nSPS) is 50.7. The molecule has 0 spiro atoms. The molecule has 5 atom stereocenters. The summed E-state index contributed by atoms with van der Waals surface area (Å²) in [4.78, 5) is 11.0. The van der Waals surface area contributed by atoms with Gasteiger partial charge in [-0.2, -0.15) is 0 Å². The van der Waals surface area contributed by atoms with Gasteiger partial charge in [0.1, 0.15) is 0 Å². The van der Waals surface area contributed by atoms with Crippen molar-refractivity contribution >= 4 is 5.97 Å². The van der Waals surface area contributed by atoms with Crippen LogP contribution in [0.2, 0.25) is 0 Å². The Hall–Kier alpha value is -0.610. The Bertz CT molecular complexity index is 312. The number of carboxylic acid groups (broad SMARTS) is 1. The molecule has 1 heterocycles. The van der Waals surface area contributed by atoms with Crippen LogP contribution in [0.3, 0.4) is 0 Å². The highest BCUT2D eigenvalue weighted by atomic mass is 16.8. The summed E-state index contributed by atoms with van der Waals surface area (Å²) in [5.41, 5.74) is 0. The average molecular weight is 212 g/mol. The van der Waals surface area contributed by atoms with Crippen LogP contribution in [0.5, 0.6) is 0 Å². The molecule has 1 saturated heterocycles. The molecule has 3 fully saturated rings. The summed E-state index contributed by atoms with van der Waals surface area (Å²) >= 11 is 0. The van der Waals surface area contributed by atoms with Gasteiger partial charge in [-0.25, -0.2) is 0 Å². The van der Waals surface area contributed by atoms with Crippen molar-refractivity contribution in [2.75, 3.05) is 0 Å². The van der Waals surface area contributed by atoms with Gasteiger partial charge >= 0.3 is 5.97 Å². The van der Waals surface area contributed by atoms with E-state index in [4.69, 9.17) is 14.6 Å². The minimum Gasteiger partial charge on any atom is -0.481 e. The first-order valence-corrected chi connectivity index (χ1v) is 5.56. The number of hydrogen-bond donors (Lipinski definition) is 1. The summed E-state index contributed by atoms with van der Waals surface area (Å²) in [5, 5.41) is 9.09. The van der Waals surface area contributed by atoms with Gasteiger partial charge in [0, 0.05) is 5.92 Å². The summed E-state index contributed by atoms with van der Waals surface area (Å²) in [6.45, 7) is 3.81. The predicted molar refractivity (Wildman–Crippen MR) is 51.2 cm³/mol. The summed E-state index contributed by atoms with van der Waals surface area (Å²) < 4.78 is 11.6. The van der Waals surface area contributed by atoms with Gasteiger partial charge in [0.15, 0.2) is 5.79 Å². The Labute approximate surface area is 88.6 Å². The highest BCUT2D eigenvalue weighted by Crippen LogP contribution is 2.55. The molecule has 1 N–H and O–H groups in total. The third kappa shape index (κ3) is 1.24. The summed E-state index contributed by atoms with van der Waals surface area (Å²) in [7, 11) is 0. The molecule has 3 aliphatic rings. The van der Waals surface area contributed by atoms with E-state index in [2.05, 4.69) is 0 Å². The fraction of sp³-hybridized carbons (Fsp3) is 0.909. The maximum Gasteiger partial charge on any atom is 0.306 e. The van der Waals surface area contributed by atoms with E-state index in [0.29, 0.717) is 5.92 Å². The van der Waals surface area contributed by atoms with Crippen LogP contribution >= 0.6 is 0 Å². The van der Waals surface area contributed by atoms with Crippen molar-refractivity contribution in [2.45, 2.75) is 44.7 Å². The van der Waals surface area contributed by atoms with Crippen LogP contribution in [0, 0.1) is 17.8 Å². The largest absolute Gasteiger partial charge is 0.481 e. The van der Waals surface area contributed by atoms with Crippen LogP contribution in [-0.4, -0.2) is 29.1 Å². The number of aliphatic carboxylic acids is 1. The molecule has 2 bridgehead atoms. The molecule has 15 heavy (non-hydrogen) atoms. The summed E-state index contributed by atoms with van der Waals surface area (Å²) in [5.74, 6) is -0.857. The van der Waals surface area contributed by atoms with Crippen molar-refractivity contribution in [2.24, 2.45) is 17.8 Å². The molecule has 1 aliphatic heterocycles. The van der Waals surface area contributed by atoms with Crippen LogP contribution in [0.4, 0.5) is 0 Å². The molecule has 0 amide bonds. The van der Waals surface area contributed by atoms with E-state index in [9.17, 15) is 4.79 Å². The van der Waals surface area contributed by atoms with Crippen LogP contribution in [-0.2, 0) is 14.3 Å². The number of hydrogen-bond acceptors (Lipinski definition) is 3. The van der Waals surface area contributed by atoms with Gasteiger partial charge in [0.05, 0.1) is 18.1 Å². The first-order chi connectivity index (χ1) is 6.98. The quantitative estimate of drug-likeness (QED) is 0.710. The lowest BCUT2D eigenvalue weighted by Crippen LogP contribution is -2.37. The van der Waals surface area contributed by atoms with E-state index < -0.39 is 11.8 Å². The predicted octanol–water partition coefficient (Wildman–Crippen LogP) is 1.25. The first-order valence-electron chi connectivity index (χ1n) is 5.56. The summed E-state index contributed by atoms with van der Waals surface area (Å²) in [6, 6.07) is 0. The molecule has 0 radical (unpaired) electrons. The van der Waals surface area contributed by atoms with E-state index >= 15 is 0 Å². The van der Waals surface area contributed by atoms with Gasteiger partial charge in [-0.3, -0.25) is 4.79 Å². The number of ether oxygens (including phenoxy) is 2. The van der Waals surface area contributed by atoms with Crippen molar-refractivity contribution in [1.82, 2.24) is 0 Å². The van der Waals surface area contributed by atoms with Crippen molar-refractivity contribution in [3.05, 3.63) is 0 Å². The van der Waals surface area contributed by atoms with Crippen molar-refractivity contribution in [3.63, 3.8) is 0 Å². The minimum absolute atomic E-state index is 0.0137. The molecular weight excluding hydrogens is 196 g/mol. The van der Waals surface area contributed by atoms with Crippen LogP contribution in [0.1, 0.15) is 26.7 Å². The van der Waals surface area contributed by atoms with Crippen molar-refractivity contribution in [3.8, 4) is 0 Å². The van der Waals surface area contributed by atoms with Gasteiger partial charge in [-0.05, 0) is 32.6 Å². The average Bonchev–Trinajstić information content (AvgIpc) is 2.70. The second-order valence-electron chi connectivity index (χ2n) is 5.40. The van der Waals surface area contributed by atoms with Crippen molar-refractivity contribution < 1.29 is 19.4 Å².